The summed E-state index contributed by atoms with van der Waals surface area (Å²) >= 11 is 0. The summed E-state index contributed by atoms with van der Waals surface area (Å²) in [5.74, 6) is 0. The van der Waals surface area contributed by atoms with Crippen LogP contribution < -0.4 is 16.8 Å². The van der Waals surface area contributed by atoms with Crippen molar-refractivity contribution in [1.82, 2.24) is 9.97 Å². The van der Waals surface area contributed by atoms with Gasteiger partial charge in [-0.1, -0.05) is 160 Å². The van der Waals surface area contributed by atoms with Gasteiger partial charge in [-0.05, 0) is 77.6 Å². The van der Waals surface area contributed by atoms with Crippen LogP contribution in [0.4, 0.5) is 11.4 Å². The molecule has 1 aliphatic carbocycles. The predicted octanol–water partition coefficient (Wildman–Crippen LogP) is 12.8. The summed E-state index contributed by atoms with van der Waals surface area (Å²) in [6.07, 6.45) is 21.2. The summed E-state index contributed by atoms with van der Waals surface area (Å²) in [6.45, 7) is 5.97. The van der Waals surface area contributed by atoms with Gasteiger partial charge in [-0.15, -0.1) is 0 Å². The van der Waals surface area contributed by atoms with Crippen molar-refractivity contribution in [1.29, 1.82) is 0 Å². The summed E-state index contributed by atoms with van der Waals surface area (Å²) in [5.41, 5.74) is 27.4. The normalized spacial score (nSPS) is 12.6. The molecule has 56 heavy (non-hydrogen) atoms. The van der Waals surface area contributed by atoms with Crippen LogP contribution in [0.3, 0.4) is 0 Å². The molecule has 7 rings (SSSR count). The lowest BCUT2D eigenvalue weighted by Gasteiger charge is -2.17. The number of rotatable bonds is 10. The molecule has 0 bridgehead atoms. The number of benzene rings is 5. The van der Waals surface area contributed by atoms with Gasteiger partial charge in [0.1, 0.15) is 0 Å². The Hall–Kier alpha value is -6.98. The van der Waals surface area contributed by atoms with E-state index in [0.29, 0.717) is 5.70 Å². The van der Waals surface area contributed by atoms with E-state index in [1.165, 1.54) is 0 Å². The fraction of sp³-hybridized carbons (Fsp3) is 0.0980. The maximum atomic E-state index is 6.16. The Kier molecular flexibility index (Phi) is 13.0. The number of nitrogens with one attached hydrogen (secondary N) is 1. The molecule has 0 saturated heterocycles. The molecule has 5 nitrogen and oxygen atoms in total. The van der Waals surface area contributed by atoms with E-state index in [-0.39, 0.29) is 0 Å². The highest BCUT2D eigenvalue weighted by Gasteiger charge is 2.20. The lowest BCUT2D eigenvalue weighted by molar-refractivity contribution is 1.18. The number of nitrogen functional groups attached to an aromatic ring is 1. The largest absolute Gasteiger partial charge is 0.399 e. The van der Waals surface area contributed by atoms with E-state index in [1.807, 2.05) is 76.4 Å². The second kappa shape index (κ2) is 18.9. The molecule has 0 radical (unpaired) electrons. The first-order valence-electron chi connectivity index (χ1n) is 19.2. The Bertz CT molecular complexity index is 2440. The van der Waals surface area contributed by atoms with Gasteiger partial charge in [0.05, 0.1) is 22.8 Å². The molecule has 1 aromatic heterocycles. The highest BCUT2D eigenvalue weighted by Crippen LogP contribution is 2.38. The molecule has 1 aliphatic rings. The fourth-order valence-corrected chi connectivity index (χ4v) is 6.40. The van der Waals surface area contributed by atoms with E-state index in [2.05, 4.69) is 139 Å². The van der Waals surface area contributed by atoms with Crippen LogP contribution in [0.2, 0.25) is 0 Å². The molecule has 0 amide bonds. The average Bonchev–Trinajstić information content (AvgIpc) is 3.55. The summed E-state index contributed by atoms with van der Waals surface area (Å²) in [6, 6.07) is 41.9. The quantitative estimate of drug-likeness (QED) is 0.0964. The molecule has 0 spiro atoms. The fourth-order valence-electron chi connectivity index (χ4n) is 6.40. The monoisotopic (exact) mass is 731 g/mol. The minimum atomic E-state index is 0.686. The molecule has 5 aromatic carbocycles. The Labute approximate surface area is 331 Å². The van der Waals surface area contributed by atoms with E-state index in [4.69, 9.17) is 21.4 Å². The van der Waals surface area contributed by atoms with Gasteiger partial charge >= 0.3 is 0 Å². The third kappa shape index (κ3) is 9.38. The second-order valence-electron chi connectivity index (χ2n) is 13.1. The van der Waals surface area contributed by atoms with E-state index in [1.54, 1.807) is 0 Å². The second-order valence-corrected chi connectivity index (χ2v) is 13.1. The van der Waals surface area contributed by atoms with Crippen molar-refractivity contribution in [2.45, 2.75) is 27.2 Å². The summed E-state index contributed by atoms with van der Waals surface area (Å²) in [7, 11) is 1.94. The van der Waals surface area contributed by atoms with E-state index in [9.17, 15) is 0 Å². The number of hydrogen-bond donors (Lipinski definition) is 3. The number of nitrogens with zero attached hydrogens (tertiary/aromatic N) is 2. The molecule has 0 unspecified atom stereocenters. The molecule has 278 valence electrons. The maximum absolute atomic E-state index is 6.16. The standard InChI is InChI=1S/C49H43N5.C2H6/c1-3-4-15-43(50)31-20-34-18-21-38(22-19-34)47-49(40-29-25-36(26-30-40)42-14-10-17-45(33-42)52-2)54-48(46(53-47)37-11-7-5-6-8-12-37)39-27-23-35(24-28-39)41-13-9-16-44(51)32-41;1-2/h3-5,7-33,52H,6,50-51H2,1-2H3;1-2H3/b4-3-,31-20+,43-15+;. The van der Waals surface area contributed by atoms with Gasteiger partial charge in [0.25, 0.3) is 0 Å². The van der Waals surface area contributed by atoms with Gasteiger partial charge in [-0.25, -0.2) is 9.97 Å². The Morgan fingerprint density at radius 3 is 1.80 bits per heavy atom. The van der Waals surface area contributed by atoms with Gasteiger partial charge < -0.3 is 16.8 Å². The molecule has 1 heterocycles. The zero-order valence-electron chi connectivity index (χ0n) is 32.6. The van der Waals surface area contributed by atoms with Gasteiger partial charge in [0.15, 0.2) is 0 Å². The minimum absolute atomic E-state index is 0.686. The lowest BCUT2D eigenvalue weighted by Crippen LogP contribution is -2.03. The van der Waals surface area contributed by atoms with Gasteiger partial charge in [-0.2, -0.15) is 0 Å². The van der Waals surface area contributed by atoms with Crippen molar-refractivity contribution in [2.24, 2.45) is 5.73 Å². The van der Waals surface area contributed by atoms with Crippen molar-refractivity contribution >= 4 is 23.0 Å². The first kappa shape index (κ1) is 38.7. The molecule has 0 aliphatic heterocycles. The maximum Gasteiger partial charge on any atom is 0.0973 e. The molecule has 0 atom stereocenters. The molecule has 0 fully saturated rings. The van der Waals surface area contributed by atoms with Gasteiger partial charge in [0.2, 0.25) is 0 Å². The van der Waals surface area contributed by atoms with Crippen molar-refractivity contribution < 1.29 is 0 Å². The molecule has 5 heteroatoms. The van der Waals surface area contributed by atoms with E-state index >= 15 is 0 Å². The number of aromatic nitrogens is 2. The number of nitrogens with two attached hydrogens (primary N) is 2. The van der Waals surface area contributed by atoms with Crippen molar-refractivity contribution in [3.8, 4) is 56.0 Å². The highest BCUT2D eigenvalue weighted by molar-refractivity contribution is 5.89. The molecule has 5 N–H and O–H groups in total. The molecule has 6 aromatic rings. The van der Waals surface area contributed by atoms with Crippen LogP contribution in [-0.4, -0.2) is 17.0 Å². The summed E-state index contributed by atoms with van der Waals surface area (Å²) in [4.78, 5) is 11.0. The Morgan fingerprint density at radius 1 is 0.643 bits per heavy atom. The van der Waals surface area contributed by atoms with Crippen LogP contribution >= 0.6 is 0 Å². The number of allylic oxidation sites excluding steroid dienone is 10. The third-order valence-corrected chi connectivity index (χ3v) is 9.31. The Balaban J connectivity index is 0.00000262. The number of hydrogen-bond acceptors (Lipinski definition) is 5. The topological polar surface area (TPSA) is 89.8 Å². The predicted molar refractivity (Wildman–Crippen MR) is 242 cm³/mol. The Morgan fingerprint density at radius 2 is 1.20 bits per heavy atom. The smallest absolute Gasteiger partial charge is 0.0973 e. The third-order valence-electron chi connectivity index (χ3n) is 9.31. The zero-order chi connectivity index (χ0) is 39.3. The molecule has 0 saturated carbocycles. The summed E-state index contributed by atoms with van der Waals surface area (Å²) in [5, 5.41) is 3.25. The van der Waals surface area contributed by atoms with Crippen LogP contribution in [0.5, 0.6) is 0 Å². The van der Waals surface area contributed by atoms with Crippen LogP contribution in [0.15, 0.2) is 182 Å². The van der Waals surface area contributed by atoms with Crippen LogP contribution in [0.25, 0.3) is 67.7 Å². The molecular formula is C51H49N5. The lowest BCUT2D eigenvalue weighted by atomic mass is 9.96. The SMILES string of the molecule is CC.C\C=C/C=C(N)\C=C\c1ccc(-c2nc(C3=CC=CCC=C3)c(-c3ccc(-c4cccc(N)c4)cc3)nc2-c2ccc(-c3cccc(NC)c3)cc2)cc1. The van der Waals surface area contributed by atoms with Gasteiger partial charge in [-0.3, -0.25) is 0 Å². The zero-order valence-corrected chi connectivity index (χ0v) is 32.6. The van der Waals surface area contributed by atoms with Crippen LogP contribution in [0, 0.1) is 0 Å². The highest BCUT2D eigenvalue weighted by atomic mass is 14.9. The first-order chi connectivity index (χ1) is 27.5. The first-order valence-corrected chi connectivity index (χ1v) is 19.2. The molecular weight excluding hydrogens is 683 g/mol. The van der Waals surface area contributed by atoms with Crippen LogP contribution in [-0.2, 0) is 0 Å². The van der Waals surface area contributed by atoms with Crippen LogP contribution in [0.1, 0.15) is 38.4 Å². The van der Waals surface area contributed by atoms with Crippen molar-refractivity contribution in [2.75, 3.05) is 18.1 Å². The number of anilines is 2. The van der Waals surface area contributed by atoms with Gasteiger partial charge in [0, 0.05) is 46.4 Å². The van der Waals surface area contributed by atoms with Crippen molar-refractivity contribution in [3.05, 3.63) is 193 Å². The average molecular weight is 732 g/mol. The van der Waals surface area contributed by atoms with E-state index < -0.39 is 0 Å². The van der Waals surface area contributed by atoms with Crippen molar-refractivity contribution in [3.63, 3.8) is 0 Å². The summed E-state index contributed by atoms with van der Waals surface area (Å²) < 4.78 is 0. The van der Waals surface area contributed by atoms with E-state index in [0.717, 1.165) is 90.7 Å². The minimum Gasteiger partial charge on any atom is -0.399 e.